The van der Waals surface area contributed by atoms with E-state index in [0.717, 1.165) is 29.8 Å². The van der Waals surface area contributed by atoms with E-state index in [2.05, 4.69) is 24.5 Å². The van der Waals surface area contributed by atoms with Gasteiger partial charge in [-0.2, -0.15) is 0 Å². The summed E-state index contributed by atoms with van der Waals surface area (Å²) in [5.41, 5.74) is 2.80. The molecule has 0 saturated heterocycles. The Morgan fingerprint density at radius 1 is 1.30 bits per heavy atom. The van der Waals surface area contributed by atoms with Gasteiger partial charge < -0.3 is 10.6 Å². The molecule has 0 spiro atoms. The van der Waals surface area contributed by atoms with Crippen molar-refractivity contribution in [1.29, 1.82) is 0 Å². The third kappa shape index (κ3) is 3.14. The maximum absolute atomic E-state index is 12.5. The molecule has 2 N–H and O–H groups in total. The van der Waals surface area contributed by atoms with E-state index in [4.69, 9.17) is 0 Å². The molecule has 0 aromatic heterocycles. The number of hydrogen-bond donors (Lipinski definition) is 2. The van der Waals surface area contributed by atoms with Crippen molar-refractivity contribution in [2.45, 2.75) is 46.6 Å². The van der Waals surface area contributed by atoms with Crippen LogP contribution in [0.25, 0.3) is 0 Å². The van der Waals surface area contributed by atoms with Gasteiger partial charge >= 0.3 is 0 Å². The van der Waals surface area contributed by atoms with Crippen LogP contribution >= 0.6 is 0 Å². The van der Waals surface area contributed by atoms with E-state index in [9.17, 15) is 4.79 Å². The van der Waals surface area contributed by atoms with Crippen molar-refractivity contribution in [2.75, 3.05) is 11.9 Å². The van der Waals surface area contributed by atoms with Crippen LogP contribution < -0.4 is 10.6 Å². The van der Waals surface area contributed by atoms with Gasteiger partial charge in [-0.25, -0.2) is 0 Å². The molecule has 3 heteroatoms. The summed E-state index contributed by atoms with van der Waals surface area (Å²) in [6, 6.07) is 6.31. The maximum atomic E-state index is 12.5. The van der Waals surface area contributed by atoms with Crippen LogP contribution in [-0.2, 0) is 0 Å². The number of hydrogen-bond acceptors (Lipinski definition) is 2. The molecule has 0 bridgehead atoms. The van der Waals surface area contributed by atoms with E-state index < -0.39 is 0 Å². The molecule has 1 aliphatic rings. The highest BCUT2D eigenvalue weighted by atomic mass is 16.1. The first-order valence-electron chi connectivity index (χ1n) is 7.68. The molecule has 1 aliphatic carbocycles. The summed E-state index contributed by atoms with van der Waals surface area (Å²) in [5, 5.41) is 6.49. The van der Waals surface area contributed by atoms with Crippen molar-refractivity contribution in [3.63, 3.8) is 0 Å². The fourth-order valence-electron chi connectivity index (χ4n) is 3.01. The Bertz CT molecular complexity index is 484. The lowest BCUT2D eigenvalue weighted by molar-refractivity contribution is 0.0928. The smallest absolute Gasteiger partial charge is 0.253 e. The molecule has 0 heterocycles. The Kier molecular flexibility index (Phi) is 4.69. The summed E-state index contributed by atoms with van der Waals surface area (Å²) in [6.45, 7) is 9.40. The van der Waals surface area contributed by atoms with Gasteiger partial charge in [-0.15, -0.1) is 0 Å². The first-order valence-corrected chi connectivity index (χ1v) is 7.68. The van der Waals surface area contributed by atoms with Crippen LogP contribution in [-0.4, -0.2) is 18.5 Å². The Hall–Kier alpha value is -1.51. The van der Waals surface area contributed by atoms with E-state index in [1.807, 2.05) is 32.0 Å². The summed E-state index contributed by atoms with van der Waals surface area (Å²) >= 11 is 0. The SMILES string of the molecule is CCNc1ccc(C)cc1C(=O)NC1CCC(C)C1C. The Balaban J connectivity index is 2.14. The molecule has 110 valence electrons. The van der Waals surface area contributed by atoms with Crippen molar-refractivity contribution in [2.24, 2.45) is 11.8 Å². The van der Waals surface area contributed by atoms with E-state index >= 15 is 0 Å². The normalized spacial score (nSPS) is 25.5. The van der Waals surface area contributed by atoms with E-state index in [-0.39, 0.29) is 5.91 Å². The summed E-state index contributed by atoms with van der Waals surface area (Å²) < 4.78 is 0. The topological polar surface area (TPSA) is 41.1 Å². The third-order valence-corrected chi connectivity index (χ3v) is 4.57. The van der Waals surface area contributed by atoms with Crippen LogP contribution in [0.4, 0.5) is 5.69 Å². The number of rotatable bonds is 4. The van der Waals surface area contributed by atoms with Crippen molar-refractivity contribution < 1.29 is 4.79 Å². The highest BCUT2D eigenvalue weighted by Crippen LogP contribution is 2.31. The molecule has 0 aliphatic heterocycles. The molecule has 20 heavy (non-hydrogen) atoms. The summed E-state index contributed by atoms with van der Waals surface area (Å²) in [5.74, 6) is 1.31. The maximum Gasteiger partial charge on any atom is 0.253 e. The fraction of sp³-hybridized carbons (Fsp3) is 0.588. The van der Waals surface area contributed by atoms with Gasteiger partial charge in [0.25, 0.3) is 5.91 Å². The van der Waals surface area contributed by atoms with Crippen LogP contribution in [0, 0.1) is 18.8 Å². The fourth-order valence-corrected chi connectivity index (χ4v) is 3.01. The van der Waals surface area contributed by atoms with Gasteiger partial charge in [0.1, 0.15) is 0 Å². The Morgan fingerprint density at radius 2 is 2.05 bits per heavy atom. The Morgan fingerprint density at radius 3 is 2.65 bits per heavy atom. The quantitative estimate of drug-likeness (QED) is 0.881. The van der Waals surface area contributed by atoms with Gasteiger partial charge in [0.05, 0.1) is 5.56 Å². The lowest BCUT2D eigenvalue weighted by Gasteiger charge is -2.21. The average Bonchev–Trinajstić information content (AvgIpc) is 2.73. The lowest BCUT2D eigenvalue weighted by Crippen LogP contribution is -2.37. The predicted molar refractivity (Wildman–Crippen MR) is 84.2 cm³/mol. The second-order valence-electron chi connectivity index (χ2n) is 6.07. The number of carbonyl (C=O) groups is 1. The molecule has 1 aromatic carbocycles. The highest BCUT2D eigenvalue weighted by Gasteiger charge is 2.31. The number of benzene rings is 1. The molecule has 3 unspecified atom stereocenters. The number of aryl methyl sites for hydroxylation is 1. The second kappa shape index (κ2) is 6.29. The summed E-state index contributed by atoms with van der Waals surface area (Å²) in [7, 11) is 0. The molecule has 1 amide bonds. The standard InChI is InChI=1S/C17H26N2O/c1-5-18-16-8-6-11(2)10-14(16)17(20)19-15-9-7-12(3)13(15)4/h6,8,10,12-13,15,18H,5,7,9H2,1-4H3,(H,19,20). The van der Waals surface area contributed by atoms with Crippen molar-refractivity contribution in [1.82, 2.24) is 5.32 Å². The van der Waals surface area contributed by atoms with Crippen LogP contribution in [0.15, 0.2) is 18.2 Å². The van der Waals surface area contributed by atoms with Gasteiger partial charge in [-0.3, -0.25) is 4.79 Å². The first-order chi connectivity index (χ1) is 9.52. The average molecular weight is 274 g/mol. The van der Waals surface area contributed by atoms with Crippen LogP contribution in [0.2, 0.25) is 0 Å². The molecular formula is C17H26N2O. The van der Waals surface area contributed by atoms with Crippen molar-refractivity contribution >= 4 is 11.6 Å². The van der Waals surface area contributed by atoms with Gasteiger partial charge in [0, 0.05) is 18.3 Å². The van der Waals surface area contributed by atoms with E-state index in [0.29, 0.717) is 17.9 Å². The largest absolute Gasteiger partial charge is 0.385 e. The summed E-state index contributed by atoms with van der Waals surface area (Å²) in [6.07, 6.45) is 2.30. The van der Waals surface area contributed by atoms with Gasteiger partial charge in [-0.05, 0) is 50.7 Å². The van der Waals surface area contributed by atoms with E-state index in [1.165, 1.54) is 6.42 Å². The minimum Gasteiger partial charge on any atom is -0.385 e. The lowest BCUT2D eigenvalue weighted by atomic mass is 9.97. The number of nitrogens with one attached hydrogen (secondary N) is 2. The summed E-state index contributed by atoms with van der Waals surface area (Å²) in [4.78, 5) is 12.5. The van der Waals surface area contributed by atoms with Gasteiger partial charge in [-0.1, -0.05) is 25.5 Å². The zero-order valence-electron chi connectivity index (χ0n) is 13.0. The second-order valence-corrected chi connectivity index (χ2v) is 6.07. The molecular weight excluding hydrogens is 248 g/mol. The van der Waals surface area contributed by atoms with Crippen LogP contribution in [0.1, 0.15) is 49.5 Å². The van der Waals surface area contributed by atoms with Gasteiger partial charge in [0.15, 0.2) is 0 Å². The van der Waals surface area contributed by atoms with Crippen molar-refractivity contribution in [3.8, 4) is 0 Å². The Labute approximate surface area is 122 Å². The molecule has 1 aromatic rings. The molecule has 2 rings (SSSR count). The third-order valence-electron chi connectivity index (χ3n) is 4.57. The number of amides is 1. The zero-order valence-corrected chi connectivity index (χ0v) is 13.0. The van der Waals surface area contributed by atoms with Crippen LogP contribution in [0.3, 0.4) is 0 Å². The predicted octanol–water partition coefficient (Wildman–Crippen LogP) is 3.59. The minimum absolute atomic E-state index is 0.0515. The molecule has 3 atom stereocenters. The molecule has 1 saturated carbocycles. The minimum atomic E-state index is 0.0515. The molecule has 0 radical (unpaired) electrons. The van der Waals surface area contributed by atoms with E-state index in [1.54, 1.807) is 0 Å². The monoisotopic (exact) mass is 274 g/mol. The molecule has 1 fully saturated rings. The number of carbonyl (C=O) groups excluding carboxylic acids is 1. The first kappa shape index (κ1) is 14.9. The highest BCUT2D eigenvalue weighted by molar-refractivity contribution is 6.00. The van der Waals surface area contributed by atoms with Crippen molar-refractivity contribution in [3.05, 3.63) is 29.3 Å². The van der Waals surface area contributed by atoms with Crippen LogP contribution in [0.5, 0.6) is 0 Å². The number of anilines is 1. The van der Waals surface area contributed by atoms with Gasteiger partial charge in [0.2, 0.25) is 0 Å². The molecule has 3 nitrogen and oxygen atoms in total. The zero-order chi connectivity index (χ0) is 14.7.